The van der Waals surface area contributed by atoms with Gasteiger partial charge in [-0.3, -0.25) is 14.8 Å². The maximum absolute atomic E-state index is 14.4. The second kappa shape index (κ2) is 12.6. The van der Waals surface area contributed by atoms with E-state index in [9.17, 15) is 31.0 Å². The number of nitrogens with zero attached hydrogens (tertiary/aromatic N) is 6. The van der Waals surface area contributed by atoms with E-state index in [1.165, 1.54) is 18.2 Å². The van der Waals surface area contributed by atoms with Crippen molar-refractivity contribution in [3.8, 4) is 0 Å². The van der Waals surface area contributed by atoms with E-state index in [4.69, 9.17) is 0 Å². The van der Waals surface area contributed by atoms with Crippen LogP contribution in [-0.4, -0.2) is 52.9 Å². The van der Waals surface area contributed by atoms with E-state index < -0.39 is 57.4 Å². The summed E-state index contributed by atoms with van der Waals surface area (Å²) in [5, 5.41) is 10.5. The molecule has 0 bridgehead atoms. The molecule has 1 atom stereocenters. The maximum Gasteiger partial charge on any atom is 0.242 e. The third kappa shape index (κ3) is 5.88. The average molecular weight is 608 g/mol. The van der Waals surface area contributed by atoms with Crippen molar-refractivity contribution in [3.63, 3.8) is 0 Å². The molecule has 1 aliphatic rings. The third-order valence-corrected chi connectivity index (χ3v) is 8.79. The molecule has 1 saturated carbocycles. The first-order chi connectivity index (χ1) is 20.2. The monoisotopic (exact) mass is 607 g/mol. The van der Waals surface area contributed by atoms with Gasteiger partial charge in [0, 0.05) is 24.3 Å². The van der Waals surface area contributed by atoms with Gasteiger partial charge in [0.1, 0.15) is 26.9 Å². The molecular weight excluding hydrogens is 581 g/mol. The Kier molecular flexibility index (Phi) is 8.87. The van der Waals surface area contributed by atoms with E-state index >= 15 is 0 Å². The molecule has 2 aromatic heterocycles. The molecule has 0 radical (unpaired) electrons. The summed E-state index contributed by atoms with van der Waals surface area (Å²) in [5.74, 6) is -11.6. The molecule has 1 unspecified atom stereocenters. The predicted octanol–water partition coefficient (Wildman–Crippen LogP) is 5.07. The molecule has 0 aliphatic heterocycles. The summed E-state index contributed by atoms with van der Waals surface area (Å²) in [6.07, 6.45) is 8.77. The number of benzene rings is 2. The number of carbonyl (C=O) groups is 1. The Labute approximate surface area is 239 Å². The number of rotatable bonds is 9. The van der Waals surface area contributed by atoms with Gasteiger partial charge in [-0.05, 0) is 31.0 Å². The van der Waals surface area contributed by atoms with Gasteiger partial charge in [-0.15, -0.1) is 0 Å². The van der Waals surface area contributed by atoms with Crippen molar-refractivity contribution >= 4 is 33.6 Å². The highest BCUT2D eigenvalue weighted by molar-refractivity contribution is 7.82. The van der Waals surface area contributed by atoms with E-state index in [-0.39, 0.29) is 13.1 Å². The lowest BCUT2D eigenvalue weighted by molar-refractivity contribution is -0.118. The first-order valence-electron chi connectivity index (χ1n) is 13.3. The first kappa shape index (κ1) is 29.6. The molecule has 2 heterocycles. The second-order valence-corrected chi connectivity index (χ2v) is 11.3. The summed E-state index contributed by atoms with van der Waals surface area (Å²) in [5.41, 5.74) is 2.65. The fourth-order valence-corrected chi connectivity index (χ4v) is 6.13. The Hall–Kier alpha value is -3.85. The van der Waals surface area contributed by atoms with E-state index in [1.807, 2.05) is 0 Å². The van der Waals surface area contributed by atoms with Crippen molar-refractivity contribution in [3.05, 3.63) is 71.1 Å². The summed E-state index contributed by atoms with van der Waals surface area (Å²) in [7, 11) is -2.90. The molecule has 1 amide bonds. The smallest absolute Gasteiger partial charge is 0.242 e. The summed E-state index contributed by atoms with van der Waals surface area (Å²) in [6.45, 7) is 0.447. The van der Waals surface area contributed by atoms with Gasteiger partial charge in [-0.1, -0.05) is 26.2 Å². The van der Waals surface area contributed by atoms with Crippen molar-refractivity contribution in [2.75, 3.05) is 18.0 Å². The lowest BCUT2D eigenvalue weighted by atomic mass is 9.87. The SMILES string of the molecule is CCN(CC(=O)N(Cc1cnc(C2CCCCC2)cn1)c1ccc2n[nH]nc2c1)S(=O)c1c(F)c(F)c(F)c(F)c1F. The average Bonchev–Trinajstić information content (AvgIpc) is 3.49. The zero-order chi connectivity index (χ0) is 30.0. The van der Waals surface area contributed by atoms with Gasteiger partial charge in [-0.2, -0.15) is 15.4 Å². The van der Waals surface area contributed by atoms with Crippen molar-refractivity contribution in [2.45, 2.75) is 56.4 Å². The zero-order valence-corrected chi connectivity index (χ0v) is 23.2. The molecule has 15 heteroatoms. The number of nitrogens with one attached hydrogen (secondary N) is 1. The third-order valence-electron chi connectivity index (χ3n) is 7.22. The Morgan fingerprint density at radius 2 is 1.60 bits per heavy atom. The number of anilines is 1. The Balaban J connectivity index is 1.43. The van der Waals surface area contributed by atoms with Gasteiger partial charge in [0.15, 0.2) is 23.3 Å². The maximum atomic E-state index is 14.4. The van der Waals surface area contributed by atoms with Crippen molar-refractivity contribution in [1.82, 2.24) is 29.7 Å². The molecule has 4 aromatic rings. The first-order valence-corrected chi connectivity index (χ1v) is 14.4. The van der Waals surface area contributed by atoms with Crippen molar-refractivity contribution < 1.29 is 31.0 Å². The van der Waals surface area contributed by atoms with Crippen LogP contribution in [0.1, 0.15) is 56.3 Å². The van der Waals surface area contributed by atoms with E-state index in [0.29, 0.717) is 28.3 Å². The van der Waals surface area contributed by atoms with E-state index in [0.717, 1.165) is 35.7 Å². The van der Waals surface area contributed by atoms with Crippen LogP contribution >= 0.6 is 0 Å². The van der Waals surface area contributed by atoms with Gasteiger partial charge in [-0.25, -0.2) is 30.5 Å². The van der Waals surface area contributed by atoms with E-state index in [1.54, 1.807) is 30.6 Å². The predicted molar refractivity (Wildman–Crippen MR) is 143 cm³/mol. The fraction of sp³-hybridized carbons (Fsp3) is 0.370. The van der Waals surface area contributed by atoms with Crippen LogP contribution in [0.4, 0.5) is 27.6 Å². The summed E-state index contributed by atoms with van der Waals surface area (Å²) >= 11 is 0. The number of H-pyrrole nitrogens is 1. The molecule has 2 aromatic carbocycles. The number of halogens is 5. The quantitative estimate of drug-likeness (QED) is 0.162. The zero-order valence-electron chi connectivity index (χ0n) is 22.4. The largest absolute Gasteiger partial charge is 0.305 e. The topological polar surface area (TPSA) is 108 Å². The normalized spacial score (nSPS) is 14.9. The number of aromatic amines is 1. The highest BCUT2D eigenvalue weighted by Gasteiger charge is 2.33. The van der Waals surface area contributed by atoms with Crippen LogP contribution in [-0.2, 0) is 22.3 Å². The summed E-state index contributed by atoms with van der Waals surface area (Å²) in [6, 6.07) is 4.80. The van der Waals surface area contributed by atoms with Crippen LogP contribution in [0.15, 0.2) is 35.5 Å². The van der Waals surface area contributed by atoms with Crippen LogP contribution in [0.25, 0.3) is 11.0 Å². The molecule has 1 N–H and O–H groups in total. The number of likely N-dealkylation sites (N-methyl/N-ethyl adjacent to an activating group) is 1. The van der Waals surface area contributed by atoms with Crippen LogP contribution in [0, 0.1) is 29.1 Å². The highest BCUT2D eigenvalue weighted by Crippen LogP contribution is 2.31. The molecular formula is C27H26F5N7O2S. The van der Waals surface area contributed by atoms with Crippen LogP contribution in [0.3, 0.4) is 0 Å². The molecule has 1 aliphatic carbocycles. The van der Waals surface area contributed by atoms with Gasteiger partial charge in [0.2, 0.25) is 11.7 Å². The Morgan fingerprint density at radius 3 is 2.24 bits per heavy atom. The van der Waals surface area contributed by atoms with Crippen LogP contribution in [0.5, 0.6) is 0 Å². The number of carbonyl (C=O) groups excluding carboxylic acids is 1. The lowest BCUT2D eigenvalue weighted by Gasteiger charge is -2.26. The molecule has 42 heavy (non-hydrogen) atoms. The summed E-state index contributed by atoms with van der Waals surface area (Å²) in [4.78, 5) is 22.5. The molecule has 9 nitrogen and oxygen atoms in total. The Morgan fingerprint density at radius 1 is 0.929 bits per heavy atom. The number of hydrogen-bond donors (Lipinski definition) is 1. The lowest BCUT2D eigenvalue weighted by Crippen LogP contribution is -2.41. The minimum Gasteiger partial charge on any atom is -0.305 e. The van der Waals surface area contributed by atoms with Crippen molar-refractivity contribution in [2.24, 2.45) is 0 Å². The van der Waals surface area contributed by atoms with Gasteiger partial charge < -0.3 is 4.90 Å². The molecule has 0 saturated heterocycles. The summed E-state index contributed by atoms with van der Waals surface area (Å²) < 4.78 is 83.9. The minimum atomic E-state index is -2.90. The second-order valence-electron chi connectivity index (χ2n) is 9.85. The fourth-order valence-electron chi connectivity index (χ4n) is 4.93. The van der Waals surface area contributed by atoms with Crippen molar-refractivity contribution in [1.29, 1.82) is 0 Å². The van der Waals surface area contributed by atoms with Gasteiger partial charge >= 0.3 is 0 Å². The molecule has 5 rings (SSSR count). The standard InChI is InChI=1S/C27H26F5N7O2S/c1-2-38(42(41)27-25(31)23(29)22(28)24(30)26(27)32)14-21(40)39(17-8-9-18-19(10-17)36-37-35-18)13-16-11-34-20(12-33-16)15-6-4-3-5-7-15/h8-12,15H,2-7,13-14H2,1H3,(H,35,36,37). The number of hydrogen-bond acceptors (Lipinski definition) is 6. The minimum absolute atomic E-state index is 0.0765. The van der Waals surface area contributed by atoms with Crippen LogP contribution in [0.2, 0.25) is 0 Å². The Bertz CT molecular complexity index is 1600. The number of aromatic nitrogens is 5. The molecule has 222 valence electrons. The molecule has 0 spiro atoms. The number of fused-ring (bicyclic) bond motifs is 1. The van der Waals surface area contributed by atoms with Gasteiger partial charge in [0.25, 0.3) is 0 Å². The molecule has 1 fully saturated rings. The van der Waals surface area contributed by atoms with Gasteiger partial charge in [0.05, 0.1) is 30.7 Å². The van der Waals surface area contributed by atoms with Crippen LogP contribution < -0.4 is 4.90 Å². The van der Waals surface area contributed by atoms with E-state index in [2.05, 4.69) is 25.4 Å². The number of amides is 1. The highest BCUT2D eigenvalue weighted by atomic mass is 32.2.